The molecule has 3 aromatic carbocycles. The Kier molecular flexibility index (Phi) is 8.09. The smallest absolute Gasteiger partial charge is 0.258 e. The molecule has 0 radical (unpaired) electrons. The van der Waals surface area contributed by atoms with E-state index < -0.39 is 0 Å². The zero-order valence-corrected chi connectivity index (χ0v) is 23.5. The number of amides is 2. The number of rotatable bonds is 10. The number of aromatic nitrogens is 4. The number of carbonyl (C=O) groups excluding carboxylic acids is 2. The maximum Gasteiger partial charge on any atom is 0.258 e. The Morgan fingerprint density at radius 3 is 2.49 bits per heavy atom. The van der Waals surface area contributed by atoms with Crippen molar-refractivity contribution in [2.45, 2.75) is 39.8 Å². The molecule has 0 spiro atoms. The van der Waals surface area contributed by atoms with Gasteiger partial charge in [-0.3, -0.25) is 14.7 Å². The van der Waals surface area contributed by atoms with Crippen molar-refractivity contribution in [3.8, 4) is 17.1 Å². The topological polar surface area (TPSA) is 125 Å². The van der Waals surface area contributed by atoms with Crippen LogP contribution in [0, 0.1) is 0 Å². The molecule has 5 rings (SSSR count). The highest BCUT2D eigenvalue weighted by Gasteiger charge is 2.21. The van der Waals surface area contributed by atoms with Crippen molar-refractivity contribution in [3.05, 3.63) is 72.9 Å². The first kappa shape index (κ1) is 27.6. The Bertz CT molecular complexity index is 1700. The van der Waals surface area contributed by atoms with Crippen LogP contribution in [0.2, 0.25) is 0 Å². The molecular formula is C31H33N7O3. The van der Waals surface area contributed by atoms with E-state index in [1.807, 2.05) is 93.3 Å². The Morgan fingerprint density at radius 2 is 1.68 bits per heavy atom. The van der Waals surface area contributed by atoms with E-state index in [0.717, 1.165) is 33.1 Å². The summed E-state index contributed by atoms with van der Waals surface area (Å²) in [5, 5.41) is 14.6. The van der Waals surface area contributed by atoms with E-state index in [4.69, 9.17) is 14.7 Å². The quantitative estimate of drug-likeness (QED) is 0.229. The van der Waals surface area contributed by atoms with E-state index in [1.165, 1.54) is 0 Å². The van der Waals surface area contributed by atoms with Crippen LogP contribution in [0.3, 0.4) is 0 Å². The normalized spacial score (nSPS) is 11.3. The number of ether oxygens (including phenoxy) is 1. The first-order valence-electron chi connectivity index (χ1n) is 13.6. The molecule has 0 aliphatic carbocycles. The molecule has 2 aromatic heterocycles. The van der Waals surface area contributed by atoms with Gasteiger partial charge in [0, 0.05) is 34.1 Å². The lowest BCUT2D eigenvalue weighted by Gasteiger charge is -2.26. The van der Waals surface area contributed by atoms with Gasteiger partial charge in [-0.05, 0) is 70.2 Å². The second kappa shape index (κ2) is 12.0. The van der Waals surface area contributed by atoms with Gasteiger partial charge in [0.25, 0.3) is 5.91 Å². The number of nitrogens with zero attached hydrogens (tertiary/aromatic N) is 4. The summed E-state index contributed by atoms with van der Waals surface area (Å²) in [4.78, 5) is 36.9. The summed E-state index contributed by atoms with van der Waals surface area (Å²) in [5.41, 5.74) is 3.14. The molecule has 3 N–H and O–H groups in total. The van der Waals surface area contributed by atoms with Crippen molar-refractivity contribution < 1.29 is 14.3 Å². The number of nitrogens with one attached hydrogen (secondary N) is 3. The van der Waals surface area contributed by atoms with Crippen LogP contribution in [0.4, 0.5) is 11.5 Å². The van der Waals surface area contributed by atoms with E-state index in [9.17, 15) is 9.59 Å². The van der Waals surface area contributed by atoms with Crippen molar-refractivity contribution in [2.75, 3.05) is 18.1 Å². The number of anilines is 2. The number of hydrogen-bond donors (Lipinski definition) is 3. The Morgan fingerprint density at radius 1 is 0.902 bits per heavy atom. The lowest BCUT2D eigenvalue weighted by atomic mass is 10.1. The molecule has 0 fully saturated rings. The van der Waals surface area contributed by atoms with Gasteiger partial charge in [0.05, 0.1) is 17.2 Å². The minimum atomic E-state index is -0.195. The lowest BCUT2D eigenvalue weighted by molar-refractivity contribution is -0.123. The standard InChI is InChI=1S/C31H33N7O3/c1-19(2)33-28(39)17-38(23-12-13-26-22(14-23)16-32-37-26)31-25-10-5-6-11-27(25)35-30(36-31)21-8-7-9-24(15-21)41-18-29(40)34-20(3)4/h5-16,19-20H,17-18H2,1-4H3,(H,32,37)(H,33,39)(H,34,40). The third-order valence-corrected chi connectivity index (χ3v) is 6.24. The molecule has 5 aromatic rings. The second-order valence-electron chi connectivity index (χ2n) is 10.4. The minimum absolute atomic E-state index is 0.0104. The Labute approximate surface area is 238 Å². The van der Waals surface area contributed by atoms with Crippen molar-refractivity contribution in [2.24, 2.45) is 0 Å². The summed E-state index contributed by atoms with van der Waals surface area (Å²) in [7, 11) is 0. The fourth-order valence-corrected chi connectivity index (χ4v) is 4.53. The van der Waals surface area contributed by atoms with E-state index in [2.05, 4.69) is 20.8 Å². The third-order valence-electron chi connectivity index (χ3n) is 6.24. The third kappa shape index (κ3) is 6.60. The summed E-state index contributed by atoms with van der Waals surface area (Å²) in [5.74, 6) is 1.26. The average Bonchev–Trinajstić information content (AvgIpc) is 3.42. The molecule has 0 saturated carbocycles. The number of H-pyrrole nitrogens is 1. The molecule has 0 saturated heterocycles. The van der Waals surface area contributed by atoms with Gasteiger partial charge >= 0.3 is 0 Å². The number of aromatic amines is 1. The highest BCUT2D eigenvalue weighted by Crippen LogP contribution is 2.34. The maximum atomic E-state index is 13.1. The summed E-state index contributed by atoms with van der Waals surface area (Å²) in [6, 6.07) is 20.9. The summed E-state index contributed by atoms with van der Waals surface area (Å²) in [6.45, 7) is 7.61. The Balaban J connectivity index is 1.57. The molecule has 0 atom stereocenters. The molecule has 2 amide bonds. The second-order valence-corrected chi connectivity index (χ2v) is 10.4. The summed E-state index contributed by atoms with van der Waals surface area (Å²) in [6.07, 6.45) is 1.75. The van der Waals surface area contributed by atoms with E-state index >= 15 is 0 Å². The van der Waals surface area contributed by atoms with E-state index in [0.29, 0.717) is 17.4 Å². The number of para-hydroxylation sites is 1. The van der Waals surface area contributed by atoms with Crippen molar-refractivity contribution >= 4 is 45.1 Å². The van der Waals surface area contributed by atoms with E-state index in [-0.39, 0.29) is 37.0 Å². The highest BCUT2D eigenvalue weighted by atomic mass is 16.5. The van der Waals surface area contributed by atoms with Gasteiger partial charge < -0.3 is 20.3 Å². The monoisotopic (exact) mass is 551 g/mol. The molecular weight excluding hydrogens is 518 g/mol. The van der Waals surface area contributed by atoms with Crippen LogP contribution in [0.5, 0.6) is 5.75 Å². The molecule has 210 valence electrons. The van der Waals surface area contributed by atoms with Gasteiger partial charge in [-0.1, -0.05) is 24.3 Å². The van der Waals surface area contributed by atoms with Crippen LogP contribution in [0.1, 0.15) is 27.7 Å². The maximum absolute atomic E-state index is 13.1. The lowest BCUT2D eigenvalue weighted by Crippen LogP contribution is -2.38. The number of fused-ring (bicyclic) bond motifs is 2. The Hall–Kier alpha value is -4.99. The largest absolute Gasteiger partial charge is 0.484 e. The first-order valence-corrected chi connectivity index (χ1v) is 13.6. The summed E-state index contributed by atoms with van der Waals surface area (Å²) >= 11 is 0. The van der Waals surface area contributed by atoms with Gasteiger partial charge in [-0.2, -0.15) is 5.10 Å². The van der Waals surface area contributed by atoms with Crippen LogP contribution in [-0.2, 0) is 9.59 Å². The number of carbonyl (C=O) groups is 2. The fourth-order valence-electron chi connectivity index (χ4n) is 4.53. The molecule has 0 aliphatic rings. The molecule has 41 heavy (non-hydrogen) atoms. The molecule has 0 aliphatic heterocycles. The molecule has 10 heteroatoms. The number of hydrogen-bond acceptors (Lipinski definition) is 7. The zero-order valence-electron chi connectivity index (χ0n) is 23.5. The van der Waals surface area contributed by atoms with Crippen LogP contribution in [0.25, 0.3) is 33.2 Å². The SMILES string of the molecule is CC(C)NC(=O)COc1cccc(-c2nc(N(CC(=O)NC(C)C)c3ccc4[nH]ncc4c3)c3ccccc3n2)c1. The first-order chi connectivity index (χ1) is 19.8. The van der Waals surface area contributed by atoms with Gasteiger partial charge in [0.1, 0.15) is 18.1 Å². The van der Waals surface area contributed by atoms with Crippen LogP contribution >= 0.6 is 0 Å². The van der Waals surface area contributed by atoms with Crippen LogP contribution in [-0.4, -0.2) is 57.2 Å². The minimum Gasteiger partial charge on any atom is -0.484 e. The number of benzene rings is 3. The predicted molar refractivity (Wildman–Crippen MR) is 160 cm³/mol. The molecule has 10 nitrogen and oxygen atoms in total. The van der Waals surface area contributed by atoms with Crippen LogP contribution in [0.15, 0.2) is 72.9 Å². The fraction of sp³-hybridized carbons (Fsp3) is 0.258. The molecule has 0 unspecified atom stereocenters. The molecule has 2 heterocycles. The van der Waals surface area contributed by atoms with Gasteiger partial charge in [0.2, 0.25) is 5.91 Å². The highest BCUT2D eigenvalue weighted by molar-refractivity contribution is 5.96. The van der Waals surface area contributed by atoms with Gasteiger partial charge in [-0.15, -0.1) is 0 Å². The van der Waals surface area contributed by atoms with Crippen molar-refractivity contribution in [3.63, 3.8) is 0 Å². The van der Waals surface area contributed by atoms with Crippen LogP contribution < -0.4 is 20.3 Å². The van der Waals surface area contributed by atoms with Crippen molar-refractivity contribution in [1.29, 1.82) is 0 Å². The summed E-state index contributed by atoms with van der Waals surface area (Å²) < 4.78 is 5.75. The zero-order chi connectivity index (χ0) is 28.9. The van der Waals surface area contributed by atoms with Crippen molar-refractivity contribution in [1.82, 2.24) is 30.8 Å². The average molecular weight is 552 g/mol. The van der Waals surface area contributed by atoms with E-state index in [1.54, 1.807) is 12.3 Å². The van der Waals surface area contributed by atoms with Gasteiger partial charge in [0.15, 0.2) is 12.4 Å². The van der Waals surface area contributed by atoms with Gasteiger partial charge in [-0.25, -0.2) is 9.97 Å². The molecule has 0 bridgehead atoms. The predicted octanol–water partition coefficient (Wildman–Crippen LogP) is 4.74.